The zero-order valence-electron chi connectivity index (χ0n) is 19.1. The van der Waals surface area contributed by atoms with Crippen LogP contribution < -0.4 is 15.6 Å². The number of nitrogens with one attached hydrogen (secondary N) is 1. The summed E-state index contributed by atoms with van der Waals surface area (Å²) >= 11 is 5.96. The fourth-order valence-electron chi connectivity index (χ4n) is 3.59. The van der Waals surface area contributed by atoms with E-state index >= 15 is 0 Å². The van der Waals surface area contributed by atoms with Gasteiger partial charge < -0.3 is 19.7 Å². The molecule has 1 amide bonds. The maximum absolute atomic E-state index is 13.8. The summed E-state index contributed by atoms with van der Waals surface area (Å²) in [5.41, 5.74) is -0.564. The second-order valence-electron chi connectivity index (χ2n) is 7.90. The molecule has 1 unspecified atom stereocenters. The topological polar surface area (TPSA) is 115 Å². The van der Waals surface area contributed by atoms with Crippen LogP contribution >= 0.6 is 11.6 Å². The molecule has 0 aliphatic carbocycles. The van der Waals surface area contributed by atoms with Crippen molar-refractivity contribution in [3.63, 3.8) is 0 Å². The highest BCUT2D eigenvalue weighted by Gasteiger charge is 2.30. The number of fused-ring (bicyclic) bond motifs is 1. The number of carbonyl (C=O) groups excluding carboxylic acids is 2. The lowest BCUT2D eigenvalue weighted by atomic mass is 10.1. The minimum atomic E-state index is -1.90. The molecule has 0 aliphatic heterocycles. The molecule has 1 heterocycles. The average molecular weight is 543 g/mol. The first-order valence-corrected chi connectivity index (χ1v) is 11.1. The maximum atomic E-state index is 13.8. The van der Waals surface area contributed by atoms with E-state index in [4.69, 9.17) is 16.7 Å². The molecule has 1 aromatic heterocycles. The molecule has 0 saturated heterocycles. The Balaban J connectivity index is 1.84. The van der Waals surface area contributed by atoms with E-state index in [-0.39, 0.29) is 22.9 Å². The van der Waals surface area contributed by atoms with Crippen molar-refractivity contribution in [1.29, 1.82) is 0 Å². The number of halogens is 5. The van der Waals surface area contributed by atoms with E-state index in [1.54, 1.807) is 25.1 Å². The van der Waals surface area contributed by atoms with Crippen LogP contribution in [-0.4, -0.2) is 40.0 Å². The molecule has 0 spiro atoms. The number of rotatable bonds is 10. The molecular formula is C24H19ClF4N2O6. The highest BCUT2D eigenvalue weighted by atomic mass is 35.5. The minimum Gasteiger partial charge on any atom is -0.481 e. The van der Waals surface area contributed by atoms with E-state index in [0.717, 1.165) is 4.57 Å². The van der Waals surface area contributed by atoms with Crippen molar-refractivity contribution in [3.8, 4) is 5.75 Å². The van der Waals surface area contributed by atoms with E-state index in [0.29, 0.717) is 5.39 Å². The highest BCUT2D eigenvalue weighted by Crippen LogP contribution is 2.26. The number of nitrogens with zero attached hydrogens (tertiary/aromatic N) is 1. The van der Waals surface area contributed by atoms with Gasteiger partial charge in [-0.25, -0.2) is 8.78 Å². The first-order chi connectivity index (χ1) is 17.4. The van der Waals surface area contributed by atoms with Crippen LogP contribution in [0.5, 0.6) is 5.75 Å². The van der Waals surface area contributed by atoms with Gasteiger partial charge in [-0.3, -0.25) is 19.2 Å². The Kier molecular flexibility index (Phi) is 8.53. The Bertz CT molecular complexity index is 1420. The van der Waals surface area contributed by atoms with Crippen LogP contribution in [0.2, 0.25) is 5.02 Å². The molecule has 8 nitrogen and oxygen atoms in total. The predicted octanol–water partition coefficient (Wildman–Crippen LogP) is 3.77. The van der Waals surface area contributed by atoms with Gasteiger partial charge in [-0.05, 0) is 30.0 Å². The number of hydrogen-bond donors (Lipinski definition) is 2. The Hall–Kier alpha value is -3.93. The minimum absolute atomic E-state index is 0.0552. The van der Waals surface area contributed by atoms with E-state index in [1.807, 2.05) is 0 Å². The molecule has 2 aromatic carbocycles. The molecule has 196 valence electrons. The summed E-state index contributed by atoms with van der Waals surface area (Å²) in [7, 11) is 0. The zero-order valence-corrected chi connectivity index (χ0v) is 19.8. The largest absolute Gasteiger partial charge is 0.481 e. The normalized spacial score (nSPS) is 12.7. The molecule has 0 radical (unpaired) electrons. The van der Waals surface area contributed by atoms with Crippen LogP contribution in [0.1, 0.15) is 25.8 Å². The smallest absolute Gasteiger partial charge is 0.305 e. The van der Waals surface area contributed by atoms with E-state index in [2.05, 4.69) is 10.1 Å². The molecule has 3 aromatic rings. The third-order valence-electron chi connectivity index (χ3n) is 5.43. The van der Waals surface area contributed by atoms with E-state index in [1.165, 1.54) is 12.3 Å². The number of carbonyl (C=O) groups is 3. The van der Waals surface area contributed by atoms with Crippen LogP contribution in [0, 0.1) is 23.3 Å². The van der Waals surface area contributed by atoms with Crippen LogP contribution in [0.15, 0.2) is 41.3 Å². The molecule has 13 heteroatoms. The van der Waals surface area contributed by atoms with Crippen molar-refractivity contribution in [3.05, 3.63) is 75.2 Å². The lowest BCUT2D eigenvalue weighted by Gasteiger charge is -2.22. The molecule has 2 N–H and O–H groups in total. The summed E-state index contributed by atoms with van der Waals surface area (Å²) in [6.07, 6.45) is 0.462. The summed E-state index contributed by atoms with van der Waals surface area (Å²) in [6.45, 7) is 0.347. The molecule has 0 fully saturated rings. The van der Waals surface area contributed by atoms with Crippen molar-refractivity contribution >= 4 is 40.0 Å². The van der Waals surface area contributed by atoms with Crippen molar-refractivity contribution < 1.29 is 41.8 Å². The first kappa shape index (κ1) is 27.7. The highest BCUT2D eigenvalue weighted by molar-refractivity contribution is 6.31. The van der Waals surface area contributed by atoms with Crippen molar-refractivity contribution in [2.24, 2.45) is 0 Å². The second-order valence-corrected chi connectivity index (χ2v) is 8.33. The van der Waals surface area contributed by atoms with Gasteiger partial charge in [0.15, 0.2) is 23.2 Å². The number of Topliss-reactive ketones (excluding diaryl/α,β-unsaturated/α-hetero) is 1. The standard InChI is InChI=1S/C24H19ClF4N2O6/c1-2-17(31-6-5-11-3-4-12(25)7-13(11)24(31)36)23(35)30-16(9-19(33)34)18(32)10-37-22-20(28)14(26)8-15(27)21(22)29/h3-8,16-17H,2,9-10H2,1H3,(H,30,35)(H,33,34)/t16-,17?/m0/s1. The van der Waals surface area contributed by atoms with Gasteiger partial charge in [-0.15, -0.1) is 0 Å². The summed E-state index contributed by atoms with van der Waals surface area (Å²) in [4.78, 5) is 49.8. The van der Waals surface area contributed by atoms with Gasteiger partial charge in [0.05, 0.1) is 6.42 Å². The van der Waals surface area contributed by atoms with E-state index < -0.39 is 77.3 Å². The van der Waals surface area contributed by atoms with E-state index in [9.17, 15) is 36.7 Å². The number of benzene rings is 2. The Morgan fingerprint density at radius 2 is 1.73 bits per heavy atom. The monoisotopic (exact) mass is 542 g/mol. The summed E-state index contributed by atoms with van der Waals surface area (Å²) in [5.74, 6) is -12.4. The molecular weight excluding hydrogens is 524 g/mol. The zero-order chi connectivity index (χ0) is 27.4. The Morgan fingerprint density at radius 1 is 1.08 bits per heavy atom. The summed E-state index contributed by atoms with van der Waals surface area (Å²) in [6, 6.07) is 3.20. The van der Waals surface area contributed by atoms with Gasteiger partial charge in [0, 0.05) is 22.7 Å². The fourth-order valence-corrected chi connectivity index (χ4v) is 3.76. The molecule has 37 heavy (non-hydrogen) atoms. The number of carboxylic acid groups (broad SMARTS) is 1. The number of aromatic nitrogens is 1. The quantitative estimate of drug-likeness (QED) is 0.298. The Morgan fingerprint density at radius 3 is 2.32 bits per heavy atom. The van der Waals surface area contributed by atoms with Crippen LogP contribution in [0.3, 0.4) is 0 Å². The molecule has 2 atom stereocenters. The van der Waals surface area contributed by atoms with Gasteiger partial charge in [0.1, 0.15) is 18.7 Å². The van der Waals surface area contributed by atoms with Gasteiger partial charge >= 0.3 is 5.97 Å². The van der Waals surface area contributed by atoms with Crippen LogP contribution in [-0.2, 0) is 14.4 Å². The molecule has 3 rings (SSSR count). The van der Waals surface area contributed by atoms with Gasteiger partial charge in [-0.2, -0.15) is 8.78 Å². The lowest BCUT2D eigenvalue weighted by Crippen LogP contribution is -2.47. The first-order valence-electron chi connectivity index (χ1n) is 10.8. The average Bonchev–Trinajstić information content (AvgIpc) is 2.84. The SMILES string of the molecule is CCC(C(=O)N[C@@H](CC(=O)O)C(=O)COc1c(F)c(F)cc(F)c1F)n1ccc2ccc(Cl)cc2c1=O. The maximum Gasteiger partial charge on any atom is 0.305 e. The molecule has 0 bridgehead atoms. The third kappa shape index (κ3) is 6.08. The van der Waals surface area contributed by atoms with Crippen molar-refractivity contribution in [2.45, 2.75) is 31.8 Å². The summed E-state index contributed by atoms with van der Waals surface area (Å²) in [5, 5.41) is 12.4. The Labute approximate surface area is 211 Å². The summed E-state index contributed by atoms with van der Waals surface area (Å²) < 4.78 is 60.0. The van der Waals surface area contributed by atoms with Crippen molar-refractivity contribution in [1.82, 2.24) is 9.88 Å². The fraction of sp³-hybridized carbons (Fsp3) is 0.250. The number of ketones is 1. The number of ether oxygens (including phenoxy) is 1. The second kappa shape index (κ2) is 11.4. The number of amides is 1. The predicted molar refractivity (Wildman–Crippen MR) is 124 cm³/mol. The van der Waals surface area contributed by atoms with Gasteiger partial charge in [0.25, 0.3) is 5.56 Å². The number of hydrogen-bond acceptors (Lipinski definition) is 5. The lowest BCUT2D eigenvalue weighted by molar-refractivity contribution is -0.140. The molecule has 0 aliphatic rings. The van der Waals surface area contributed by atoms with Gasteiger partial charge in [0.2, 0.25) is 17.5 Å². The number of carboxylic acids is 1. The third-order valence-corrected chi connectivity index (χ3v) is 5.67. The number of pyridine rings is 1. The van der Waals surface area contributed by atoms with Crippen LogP contribution in [0.25, 0.3) is 10.8 Å². The van der Waals surface area contributed by atoms with Crippen molar-refractivity contribution in [2.75, 3.05) is 6.61 Å². The number of aliphatic carboxylic acids is 1. The molecule has 0 saturated carbocycles. The van der Waals surface area contributed by atoms with Gasteiger partial charge in [-0.1, -0.05) is 24.6 Å². The van der Waals surface area contributed by atoms with Crippen LogP contribution in [0.4, 0.5) is 17.6 Å².